The molecule has 0 aliphatic heterocycles. The van der Waals surface area contributed by atoms with E-state index in [1.54, 1.807) is 0 Å². The zero-order valence-corrected chi connectivity index (χ0v) is 15.1. The van der Waals surface area contributed by atoms with Crippen molar-refractivity contribution in [3.63, 3.8) is 0 Å². The van der Waals surface area contributed by atoms with Crippen LogP contribution < -0.4 is 9.47 Å². The maximum Gasteiger partial charge on any atom is 0.183 e. The number of ether oxygens (including phenoxy) is 2. The van der Waals surface area contributed by atoms with Crippen molar-refractivity contribution in [1.82, 2.24) is 0 Å². The number of unbranched alkanes of at least 4 members (excludes halogenated alkanes) is 6. The van der Waals surface area contributed by atoms with Crippen molar-refractivity contribution in [3.8, 4) is 11.5 Å². The monoisotopic (exact) mass is 340 g/mol. The van der Waals surface area contributed by atoms with Crippen LogP contribution in [0.2, 0.25) is 0 Å². The Morgan fingerprint density at radius 2 is 1.17 bits per heavy atom. The van der Waals surface area contributed by atoms with E-state index in [0.29, 0.717) is 34.5 Å². The van der Waals surface area contributed by atoms with Gasteiger partial charge in [0.15, 0.2) is 24.1 Å². The maximum atomic E-state index is 11.2. The zero-order chi connectivity index (χ0) is 16.9. The topological polar surface area (TPSA) is 52.6 Å². The molecule has 1 aromatic heterocycles. The molecule has 0 bridgehead atoms. The number of hydrogen-bond donors (Lipinski definition) is 0. The molecule has 0 aliphatic carbocycles. The first-order chi connectivity index (χ1) is 11.3. The minimum absolute atomic E-state index is 0.436. The Morgan fingerprint density at radius 3 is 1.52 bits per heavy atom. The molecule has 0 radical (unpaired) electrons. The lowest BCUT2D eigenvalue weighted by molar-refractivity contribution is 0.111. The van der Waals surface area contributed by atoms with Crippen LogP contribution in [0.25, 0.3) is 0 Å². The van der Waals surface area contributed by atoms with E-state index in [9.17, 15) is 9.59 Å². The summed E-state index contributed by atoms with van der Waals surface area (Å²) in [6.45, 7) is 5.40. The van der Waals surface area contributed by atoms with Gasteiger partial charge in [-0.25, -0.2) is 0 Å². The third-order valence-electron chi connectivity index (χ3n) is 3.58. The second-order valence-corrected chi connectivity index (χ2v) is 6.63. The van der Waals surface area contributed by atoms with Gasteiger partial charge in [-0.15, -0.1) is 11.3 Å². The van der Waals surface area contributed by atoms with Crippen LogP contribution in [0.15, 0.2) is 0 Å². The van der Waals surface area contributed by atoms with Gasteiger partial charge in [0.2, 0.25) is 0 Å². The van der Waals surface area contributed by atoms with Crippen molar-refractivity contribution >= 4 is 23.9 Å². The lowest BCUT2D eigenvalue weighted by Gasteiger charge is -2.10. The van der Waals surface area contributed by atoms with Crippen LogP contribution in [0.5, 0.6) is 11.5 Å². The van der Waals surface area contributed by atoms with Crippen molar-refractivity contribution in [2.45, 2.75) is 65.2 Å². The molecule has 0 spiro atoms. The van der Waals surface area contributed by atoms with E-state index in [-0.39, 0.29) is 0 Å². The summed E-state index contributed by atoms with van der Waals surface area (Å²) in [5.74, 6) is 0.887. The average Bonchev–Trinajstić information content (AvgIpc) is 2.91. The lowest BCUT2D eigenvalue weighted by Crippen LogP contribution is -2.03. The predicted octanol–water partition coefficient (Wildman–Crippen LogP) is 5.29. The maximum absolute atomic E-state index is 11.2. The van der Waals surface area contributed by atoms with Crippen molar-refractivity contribution in [1.29, 1.82) is 0 Å². The van der Waals surface area contributed by atoms with E-state index in [1.807, 2.05) is 0 Å². The highest BCUT2D eigenvalue weighted by Gasteiger charge is 2.20. The van der Waals surface area contributed by atoms with E-state index >= 15 is 0 Å². The Labute approximate surface area is 143 Å². The minimum Gasteiger partial charge on any atom is -0.488 e. The molecule has 1 rings (SSSR count). The standard InChI is InChI=1S/C18H28O4S/c1-3-5-7-9-11-21-17-15(13-19)23-16(14-20)18(17)22-12-10-8-6-4-2/h13-14H,3-12H2,1-2H3. The Hall–Kier alpha value is -1.36. The van der Waals surface area contributed by atoms with Crippen molar-refractivity contribution in [3.05, 3.63) is 9.75 Å². The number of thiophene rings is 1. The smallest absolute Gasteiger partial charge is 0.183 e. The van der Waals surface area contributed by atoms with Gasteiger partial charge in [-0.3, -0.25) is 9.59 Å². The summed E-state index contributed by atoms with van der Waals surface area (Å²) in [7, 11) is 0. The Kier molecular flexibility index (Phi) is 10.4. The fourth-order valence-corrected chi connectivity index (χ4v) is 3.09. The normalized spacial score (nSPS) is 10.5. The third-order valence-corrected chi connectivity index (χ3v) is 4.58. The van der Waals surface area contributed by atoms with Gasteiger partial charge in [0, 0.05) is 0 Å². The van der Waals surface area contributed by atoms with Gasteiger partial charge in [-0.2, -0.15) is 0 Å². The minimum atomic E-state index is 0.436. The molecule has 0 aromatic carbocycles. The summed E-state index contributed by atoms with van der Waals surface area (Å²) >= 11 is 1.14. The number of carbonyl (C=O) groups excluding carboxylic acids is 2. The first-order valence-electron chi connectivity index (χ1n) is 8.61. The summed E-state index contributed by atoms with van der Waals surface area (Å²) in [5.41, 5.74) is 0. The van der Waals surface area contributed by atoms with Gasteiger partial charge >= 0.3 is 0 Å². The summed E-state index contributed by atoms with van der Waals surface area (Å²) < 4.78 is 11.5. The third kappa shape index (κ3) is 6.73. The molecule has 0 atom stereocenters. The highest BCUT2D eigenvalue weighted by Crippen LogP contribution is 2.40. The van der Waals surface area contributed by atoms with Crippen molar-refractivity contribution < 1.29 is 19.1 Å². The van der Waals surface area contributed by atoms with Crippen LogP contribution in [0.4, 0.5) is 0 Å². The van der Waals surface area contributed by atoms with Crippen molar-refractivity contribution in [2.75, 3.05) is 13.2 Å². The molecule has 0 N–H and O–H groups in total. The van der Waals surface area contributed by atoms with E-state index in [0.717, 1.165) is 49.6 Å². The van der Waals surface area contributed by atoms with E-state index in [1.165, 1.54) is 25.7 Å². The molecule has 4 nitrogen and oxygen atoms in total. The van der Waals surface area contributed by atoms with Crippen LogP contribution in [0.1, 0.15) is 84.6 Å². The molecule has 0 fully saturated rings. The average molecular weight is 340 g/mol. The molecule has 5 heteroatoms. The van der Waals surface area contributed by atoms with Crippen LogP contribution in [-0.2, 0) is 0 Å². The second kappa shape index (κ2) is 12.1. The number of aldehydes is 2. The van der Waals surface area contributed by atoms with E-state index in [4.69, 9.17) is 9.47 Å². The molecule has 23 heavy (non-hydrogen) atoms. The Morgan fingerprint density at radius 1 is 0.739 bits per heavy atom. The molecule has 0 saturated heterocycles. The lowest BCUT2D eigenvalue weighted by atomic mass is 10.2. The number of hydrogen-bond acceptors (Lipinski definition) is 5. The van der Waals surface area contributed by atoms with Crippen molar-refractivity contribution in [2.24, 2.45) is 0 Å². The second-order valence-electron chi connectivity index (χ2n) is 5.54. The molecular formula is C18H28O4S. The van der Waals surface area contributed by atoms with Gasteiger partial charge in [0.05, 0.1) is 13.2 Å². The Bertz CT molecular complexity index is 427. The summed E-state index contributed by atoms with van der Waals surface area (Å²) in [5, 5.41) is 0. The fraction of sp³-hybridized carbons (Fsp3) is 0.667. The van der Waals surface area contributed by atoms with Crippen LogP contribution in [0, 0.1) is 0 Å². The quantitative estimate of drug-likeness (QED) is 0.341. The molecular weight excluding hydrogens is 312 g/mol. The van der Waals surface area contributed by atoms with Gasteiger partial charge in [-0.1, -0.05) is 52.4 Å². The first kappa shape index (κ1) is 19.7. The molecule has 0 aliphatic rings. The van der Waals surface area contributed by atoms with Crippen LogP contribution in [-0.4, -0.2) is 25.8 Å². The molecule has 0 unspecified atom stereocenters. The van der Waals surface area contributed by atoms with E-state index < -0.39 is 0 Å². The highest BCUT2D eigenvalue weighted by molar-refractivity contribution is 7.16. The molecule has 1 heterocycles. The number of rotatable bonds is 14. The van der Waals surface area contributed by atoms with Gasteiger partial charge < -0.3 is 9.47 Å². The summed E-state index contributed by atoms with van der Waals surface area (Å²) in [6.07, 6.45) is 10.2. The van der Waals surface area contributed by atoms with Crippen LogP contribution in [0.3, 0.4) is 0 Å². The summed E-state index contributed by atoms with van der Waals surface area (Å²) in [4.78, 5) is 23.3. The van der Waals surface area contributed by atoms with Gasteiger partial charge in [-0.05, 0) is 12.8 Å². The largest absolute Gasteiger partial charge is 0.488 e. The van der Waals surface area contributed by atoms with Gasteiger partial charge in [0.1, 0.15) is 9.75 Å². The predicted molar refractivity (Wildman–Crippen MR) is 94.4 cm³/mol. The fourth-order valence-electron chi connectivity index (χ4n) is 2.27. The molecule has 0 saturated carbocycles. The zero-order valence-electron chi connectivity index (χ0n) is 14.3. The molecule has 130 valence electrons. The SMILES string of the molecule is CCCCCCOc1c(C=O)sc(C=O)c1OCCCCCC. The molecule has 0 amide bonds. The first-order valence-corrected chi connectivity index (χ1v) is 9.42. The van der Waals surface area contributed by atoms with E-state index in [2.05, 4.69) is 13.8 Å². The summed E-state index contributed by atoms with van der Waals surface area (Å²) in [6, 6.07) is 0. The number of carbonyl (C=O) groups is 2. The Balaban J connectivity index is 2.66. The van der Waals surface area contributed by atoms with Crippen LogP contribution >= 0.6 is 11.3 Å². The molecule has 1 aromatic rings. The highest BCUT2D eigenvalue weighted by atomic mass is 32.1. The van der Waals surface area contributed by atoms with Gasteiger partial charge in [0.25, 0.3) is 0 Å².